The van der Waals surface area contributed by atoms with Gasteiger partial charge < -0.3 is 5.73 Å². The highest BCUT2D eigenvalue weighted by atomic mass is 15.0. The summed E-state index contributed by atoms with van der Waals surface area (Å²) < 4.78 is 0. The zero-order valence-corrected chi connectivity index (χ0v) is 8.77. The second kappa shape index (κ2) is 4.28. The number of hydrogen-bond donors (Lipinski definition) is 1. The van der Waals surface area contributed by atoms with Crippen molar-refractivity contribution in [2.24, 2.45) is 10.7 Å². The van der Waals surface area contributed by atoms with E-state index in [1.807, 2.05) is 0 Å². The van der Waals surface area contributed by atoms with Crippen molar-refractivity contribution < 1.29 is 0 Å². The van der Waals surface area contributed by atoms with Gasteiger partial charge in [0.2, 0.25) is 0 Å². The summed E-state index contributed by atoms with van der Waals surface area (Å²) in [6.07, 6.45) is 4.34. The van der Waals surface area contributed by atoms with Gasteiger partial charge in [-0.1, -0.05) is 18.2 Å². The fourth-order valence-corrected chi connectivity index (χ4v) is 1.68. The Bertz CT molecular complexity index is 419. The minimum atomic E-state index is 0.686. The van der Waals surface area contributed by atoms with Gasteiger partial charge in [-0.2, -0.15) is 0 Å². The lowest BCUT2D eigenvalue weighted by Crippen LogP contribution is -2.10. The number of benzene rings is 1. The smallest absolute Gasteiger partial charge is 0.159 e. The van der Waals surface area contributed by atoms with E-state index in [0.717, 1.165) is 17.8 Å². The molecule has 0 aromatic heterocycles. The zero-order chi connectivity index (χ0) is 10.7. The monoisotopic (exact) mass is 200 g/mol. The molecule has 1 aliphatic rings. The third kappa shape index (κ3) is 2.07. The summed E-state index contributed by atoms with van der Waals surface area (Å²) >= 11 is 0. The fraction of sp³-hybridized carbons (Fsp3) is 0.250. The molecule has 0 spiro atoms. The molecule has 0 unspecified atom stereocenters. The van der Waals surface area contributed by atoms with Crippen LogP contribution >= 0.6 is 0 Å². The summed E-state index contributed by atoms with van der Waals surface area (Å²) in [5.74, 6) is 0.798. The molecule has 1 aliphatic heterocycles. The lowest BCUT2D eigenvalue weighted by molar-refractivity contribution is 0.966. The molecule has 2 rings (SSSR count). The molecule has 3 heteroatoms. The molecule has 0 saturated carbocycles. The summed E-state index contributed by atoms with van der Waals surface area (Å²) in [6, 6.07) is 6.31. The number of rotatable bonds is 3. The average Bonchev–Trinajstić information content (AvgIpc) is 2.71. The predicted molar refractivity (Wildman–Crippen MR) is 61.7 cm³/mol. The Morgan fingerprint density at radius 1 is 1.27 bits per heavy atom. The number of amidine groups is 1. The molecule has 0 aliphatic carbocycles. The first-order valence-electron chi connectivity index (χ1n) is 5.05. The molecule has 0 atom stereocenters. The van der Waals surface area contributed by atoms with Crippen LogP contribution in [0.4, 0.5) is 0 Å². The van der Waals surface area contributed by atoms with Crippen LogP contribution in [0.15, 0.2) is 35.6 Å². The van der Waals surface area contributed by atoms with E-state index >= 15 is 0 Å². The van der Waals surface area contributed by atoms with Gasteiger partial charge in [-0.3, -0.25) is 0 Å². The highest BCUT2D eigenvalue weighted by molar-refractivity contribution is 6.01. The van der Waals surface area contributed by atoms with Crippen LogP contribution in [-0.2, 0) is 6.42 Å². The maximum atomic E-state index is 5.52. The van der Waals surface area contributed by atoms with Crippen LogP contribution in [0.5, 0.6) is 0 Å². The number of nitrogens with two attached hydrogens (primary N) is 1. The van der Waals surface area contributed by atoms with Crippen LogP contribution in [0.25, 0.3) is 0 Å². The minimum Gasteiger partial charge on any atom is -0.330 e. The van der Waals surface area contributed by atoms with Crippen molar-refractivity contribution in [3.8, 4) is 0 Å². The van der Waals surface area contributed by atoms with Gasteiger partial charge in [0.05, 0.1) is 0 Å². The summed E-state index contributed by atoms with van der Waals surface area (Å²) in [5, 5.41) is 4.19. The van der Waals surface area contributed by atoms with E-state index < -0.39 is 0 Å². The highest BCUT2D eigenvalue weighted by Crippen LogP contribution is 2.14. The van der Waals surface area contributed by atoms with Crippen molar-refractivity contribution in [3.05, 3.63) is 47.3 Å². The van der Waals surface area contributed by atoms with Gasteiger partial charge in [0.25, 0.3) is 0 Å². The van der Waals surface area contributed by atoms with E-state index in [1.54, 1.807) is 12.4 Å². The third-order valence-corrected chi connectivity index (χ3v) is 2.43. The van der Waals surface area contributed by atoms with Crippen molar-refractivity contribution in [1.29, 1.82) is 0 Å². The van der Waals surface area contributed by atoms with Crippen molar-refractivity contribution in [2.75, 3.05) is 6.54 Å². The minimum absolute atomic E-state index is 0.686. The Labute approximate surface area is 89.7 Å². The van der Waals surface area contributed by atoms with Crippen molar-refractivity contribution in [1.82, 2.24) is 5.32 Å². The van der Waals surface area contributed by atoms with Gasteiger partial charge in [-0.15, -0.1) is 0 Å². The van der Waals surface area contributed by atoms with Crippen LogP contribution in [-0.4, -0.2) is 12.4 Å². The Kier molecular flexibility index (Phi) is 2.83. The maximum absolute atomic E-state index is 5.52. The highest BCUT2D eigenvalue weighted by Gasteiger charge is 2.09. The quantitative estimate of drug-likeness (QED) is 0.786. The lowest BCUT2D eigenvalue weighted by atomic mass is 10.0. The zero-order valence-electron chi connectivity index (χ0n) is 8.77. The SMILES string of the molecule is Cc1cc(CCN)ccc1C1=NC=C[N]1. The molecule has 1 radical (unpaired) electrons. The Hall–Kier alpha value is -1.61. The summed E-state index contributed by atoms with van der Waals surface area (Å²) in [6.45, 7) is 2.76. The van der Waals surface area contributed by atoms with Gasteiger partial charge in [-0.05, 0) is 31.0 Å². The summed E-state index contributed by atoms with van der Waals surface area (Å²) in [7, 11) is 0. The topological polar surface area (TPSA) is 52.5 Å². The molecule has 0 amide bonds. The van der Waals surface area contributed by atoms with Gasteiger partial charge in [-0.25, -0.2) is 10.3 Å². The molecule has 3 nitrogen and oxygen atoms in total. The van der Waals surface area contributed by atoms with Crippen molar-refractivity contribution >= 4 is 5.84 Å². The van der Waals surface area contributed by atoms with E-state index in [4.69, 9.17) is 5.73 Å². The fourth-order valence-electron chi connectivity index (χ4n) is 1.68. The first-order valence-corrected chi connectivity index (χ1v) is 5.05. The summed E-state index contributed by atoms with van der Waals surface area (Å²) in [5.41, 5.74) is 9.09. The molecular formula is C12H14N3. The first-order chi connectivity index (χ1) is 7.31. The molecule has 77 valence electrons. The Morgan fingerprint density at radius 3 is 2.73 bits per heavy atom. The van der Waals surface area contributed by atoms with Gasteiger partial charge >= 0.3 is 0 Å². The molecule has 1 heterocycles. The lowest BCUT2D eigenvalue weighted by Gasteiger charge is -2.07. The molecular weight excluding hydrogens is 186 g/mol. The molecule has 2 N–H and O–H groups in total. The van der Waals surface area contributed by atoms with E-state index in [0.29, 0.717) is 6.54 Å². The Balaban J connectivity index is 2.26. The van der Waals surface area contributed by atoms with Crippen LogP contribution in [0.3, 0.4) is 0 Å². The number of aryl methyl sites for hydroxylation is 1. The second-order valence-electron chi connectivity index (χ2n) is 3.57. The number of aliphatic imine (C=N–C) groups is 1. The number of nitrogens with zero attached hydrogens (tertiary/aromatic N) is 2. The predicted octanol–water partition coefficient (Wildman–Crippen LogP) is 1.33. The Morgan fingerprint density at radius 2 is 2.13 bits per heavy atom. The standard InChI is InChI=1S/C12H14N3/c1-9-8-10(4-5-13)2-3-11(9)12-14-6-7-15-12/h2-3,6-8H,4-5,13H2,1H3. The molecule has 1 aromatic rings. The van der Waals surface area contributed by atoms with Crippen LogP contribution < -0.4 is 11.1 Å². The largest absolute Gasteiger partial charge is 0.330 e. The van der Waals surface area contributed by atoms with Gasteiger partial charge in [0.1, 0.15) is 0 Å². The normalized spacial score (nSPS) is 13.9. The van der Waals surface area contributed by atoms with Crippen LogP contribution in [0.2, 0.25) is 0 Å². The first kappa shape index (κ1) is 9.93. The molecule has 15 heavy (non-hydrogen) atoms. The van der Waals surface area contributed by atoms with E-state index in [-0.39, 0.29) is 0 Å². The van der Waals surface area contributed by atoms with Gasteiger partial charge in [0.15, 0.2) is 5.84 Å². The molecule has 1 aromatic carbocycles. The molecule has 0 saturated heterocycles. The second-order valence-corrected chi connectivity index (χ2v) is 3.57. The van der Waals surface area contributed by atoms with E-state index in [1.165, 1.54) is 11.1 Å². The third-order valence-electron chi connectivity index (χ3n) is 2.43. The maximum Gasteiger partial charge on any atom is 0.159 e. The van der Waals surface area contributed by atoms with Crippen LogP contribution in [0.1, 0.15) is 16.7 Å². The van der Waals surface area contributed by atoms with Crippen molar-refractivity contribution in [2.45, 2.75) is 13.3 Å². The van der Waals surface area contributed by atoms with E-state index in [9.17, 15) is 0 Å². The van der Waals surface area contributed by atoms with Gasteiger partial charge in [0, 0.05) is 18.0 Å². The summed E-state index contributed by atoms with van der Waals surface area (Å²) in [4.78, 5) is 4.19. The van der Waals surface area contributed by atoms with E-state index in [2.05, 4.69) is 35.4 Å². The van der Waals surface area contributed by atoms with Crippen LogP contribution in [0, 0.1) is 6.92 Å². The number of hydrogen-bond acceptors (Lipinski definition) is 2. The molecule has 0 fully saturated rings. The average molecular weight is 200 g/mol. The molecule has 0 bridgehead atoms. The van der Waals surface area contributed by atoms with Crippen molar-refractivity contribution in [3.63, 3.8) is 0 Å².